The second-order valence-corrected chi connectivity index (χ2v) is 4.95. The van der Waals surface area contributed by atoms with Crippen LogP contribution in [-0.4, -0.2) is 12.5 Å². The maximum absolute atomic E-state index is 12.6. The molecule has 3 nitrogen and oxygen atoms in total. The number of benzene rings is 1. The molecule has 104 valence electrons. The molecule has 3 N–H and O–H groups in total. The molecule has 19 heavy (non-hydrogen) atoms. The Morgan fingerprint density at radius 3 is 2.89 bits per heavy atom. The number of hydrogen-bond acceptors (Lipinski definition) is 2. The summed E-state index contributed by atoms with van der Waals surface area (Å²) in [4.78, 5) is 12.1. The number of rotatable bonds is 4. The van der Waals surface area contributed by atoms with Gasteiger partial charge in [-0.05, 0) is 37.4 Å². The summed E-state index contributed by atoms with van der Waals surface area (Å²) in [6, 6.07) is 5.80. The number of nitrogens with two attached hydrogens (primary N) is 1. The molecule has 0 bridgehead atoms. The molecule has 1 saturated carbocycles. The van der Waals surface area contributed by atoms with E-state index in [-0.39, 0.29) is 23.3 Å². The van der Waals surface area contributed by atoms with Gasteiger partial charge in [-0.15, -0.1) is 0 Å². The first-order valence-corrected chi connectivity index (χ1v) is 6.51. The SMILES string of the molecule is NC[C@H]1CCC[C@H]1C(=O)Nc1cccc(C(F)F)c1. The van der Waals surface area contributed by atoms with Crippen LogP contribution < -0.4 is 11.1 Å². The first-order chi connectivity index (χ1) is 9.11. The molecule has 0 unspecified atom stereocenters. The number of amides is 1. The van der Waals surface area contributed by atoms with Crippen LogP contribution in [0.25, 0.3) is 0 Å². The molecule has 1 aliphatic carbocycles. The third-order valence-electron chi connectivity index (χ3n) is 3.70. The summed E-state index contributed by atoms with van der Waals surface area (Å²) < 4.78 is 25.1. The molecule has 1 aliphatic rings. The zero-order valence-electron chi connectivity index (χ0n) is 10.6. The fourth-order valence-electron chi connectivity index (χ4n) is 2.65. The monoisotopic (exact) mass is 268 g/mol. The average molecular weight is 268 g/mol. The largest absolute Gasteiger partial charge is 0.330 e. The normalized spacial score (nSPS) is 22.7. The van der Waals surface area contributed by atoms with Gasteiger partial charge < -0.3 is 11.1 Å². The standard InChI is InChI=1S/C14H18F2N2O/c15-13(16)9-3-1-5-11(7-9)18-14(19)12-6-2-4-10(12)8-17/h1,3,5,7,10,12-13H,2,4,6,8,17H2,(H,18,19)/t10-,12-/m1/s1. The lowest BCUT2D eigenvalue weighted by Crippen LogP contribution is -2.29. The number of anilines is 1. The van der Waals surface area contributed by atoms with Gasteiger partial charge in [0, 0.05) is 17.2 Å². The predicted octanol–water partition coefficient (Wildman–Crippen LogP) is 2.94. The topological polar surface area (TPSA) is 55.1 Å². The Bertz CT molecular complexity index is 451. The summed E-state index contributed by atoms with van der Waals surface area (Å²) in [5.74, 6) is -0.00199. The van der Waals surface area contributed by atoms with Crippen molar-refractivity contribution < 1.29 is 13.6 Å². The number of halogens is 2. The van der Waals surface area contributed by atoms with E-state index < -0.39 is 6.43 Å². The second kappa shape index (κ2) is 6.10. The van der Waals surface area contributed by atoms with Crippen molar-refractivity contribution >= 4 is 11.6 Å². The molecule has 0 aliphatic heterocycles. The Balaban J connectivity index is 2.04. The maximum atomic E-state index is 12.6. The van der Waals surface area contributed by atoms with E-state index in [4.69, 9.17) is 5.73 Å². The minimum Gasteiger partial charge on any atom is -0.330 e. The highest BCUT2D eigenvalue weighted by Gasteiger charge is 2.31. The predicted molar refractivity (Wildman–Crippen MR) is 69.9 cm³/mol. The van der Waals surface area contributed by atoms with Crippen molar-refractivity contribution in [1.29, 1.82) is 0 Å². The van der Waals surface area contributed by atoms with Crippen molar-refractivity contribution in [1.82, 2.24) is 0 Å². The van der Waals surface area contributed by atoms with E-state index >= 15 is 0 Å². The number of alkyl halides is 2. The first-order valence-electron chi connectivity index (χ1n) is 6.51. The Hall–Kier alpha value is -1.49. The van der Waals surface area contributed by atoms with Gasteiger partial charge in [-0.2, -0.15) is 0 Å². The van der Waals surface area contributed by atoms with Gasteiger partial charge in [-0.25, -0.2) is 8.78 Å². The zero-order chi connectivity index (χ0) is 13.8. The third kappa shape index (κ3) is 3.29. The van der Waals surface area contributed by atoms with E-state index in [1.165, 1.54) is 18.2 Å². The highest BCUT2D eigenvalue weighted by atomic mass is 19.3. The van der Waals surface area contributed by atoms with E-state index in [9.17, 15) is 13.6 Å². The van der Waals surface area contributed by atoms with Crippen LogP contribution in [0, 0.1) is 11.8 Å². The van der Waals surface area contributed by atoms with E-state index in [2.05, 4.69) is 5.32 Å². The molecule has 0 heterocycles. The first kappa shape index (κ1) is 13.9. The van der Waals surface area contributed by atoms with E-state index in [1.54, 1.807) is 6.07 Å². The Morgan fingerprint density at radius 2 is 2.21 bits per heavy atom. The van der Waals surface area contributed by atoms with Gasteiger partial charge in [-0.3, -0.25) is 4.79 Å². The molecule has 1 amide bonds. The lowest BCUT2D eigenvalue weighted by atomic mass is 9.95. The average Bonchev–Trinajstić information content (AvgIpc) is 2.87. The van der Waals surface area contributed by atoms with Crippen LogP contribution in [0.4, 0.5) is 14.5 Å². The van der Waals surface area contributed by atoms with Crippen LogP contribution in [0.2, 0.25) is 0 Å². The lowest BCUT2D eigenvalue weighted by Gasteiger charge is -2.17. The highest BCUT2D eigenvalue weighted by molar-refractivity contribution is 5.93. The van der Waals surface area contributed by atoms with Crippen LogP contribution in [-0.2, 0) is 4.79 Å². The van der Waals surface area contributed by atoms with Crippen molar-refractivity contribution in [3.8, 4) is 0 Å². The minimum absolute atomic E-state index is 0.0837. The van der Waals surface area contributed by atoms with Gasteiger partial charge in [0.1, 0.15) is 0 Å². The van der Waals surface area contributed by atoms with Gasteiger partial charge in [0.15, 0.2) is 0 Å². The molecular weight excluding hydrogens is 250 g/mol. The molecule has 5 heteroatoms. The minimum atomic E-state index is -2.53. The summed E-state index contributed by atoms with van der Waals surface area (Å²) >= 11 is 0. The van der Waals surface area contributed by atoms with Crippen LogP contribution in [0.15, 0.2) is 24.3 Å². The van der Waals surface area contributed by atoms with Gasteiger partial charge in [0.2, 0.25) is 5.91 Å². The molecule has 0 saturated heterocycles. The summed E-state index contributed by atoms with van der Waals surface area (Å²) in [5.41, 5.74) is 5.98. The molecule has 1 fully saturated rings. The molecule has 0 radical (unpaired) electrons. The van der Waals surface area contributed by atoms with Crippen molar-refractivity contribution in [2.24, 2.45) is 17.6 Å². The number of nitrogens with one attached hydrogen (secondary N) is 1. The smallest absolute Gasteiger partial charge is 0.263 e. The summed E-state index contributed by atoms with van der Waals surface area (Å²) in [6.45, 7) is 0.495. The molecule has 2 atom stereocenters. The van der Waals surface area contributed by atoms with Gasteiger partial charge in [0.25, 0.3) is 6.43 Å². The quantitative estimate of drug-likeness (QED) is 0.882. The Labute approximate surface area is 111 Å². The van der Waals surface area contributed by atoms with Gasteiger partial charge in [0.05, 0.1) is 0 Å². The van der Waals surface area contributed by atoms with Crippen LogP contribution >= 0.6 is 0 Å². The molecule has 0 spiro atoms. The summed E-state index contributed by atoms with van der Waals surface area (Å²) in [7, 11) is 0. The van der Waals surface area contributed by atoms with Crippen LogP contribution in [0.5, 0.6) is 0 Å². The van der Waals surface area contributed by atoms with E-state index in [0.29, 0.717) is 12.2 Å². The number of hydrogen-bond donors (Lipinski definition) is 2. The second-order valence-electron chi connectivity index (χ2n) is 4.95. The van der Waals surface area contributed by atoms with Crippen molar-refractivity contribution in [2.75, 3.05) is 11.9 Å². The maximum Gasteiger partial charge on any atom is 0.263 e. The van der Waals surface area contributed by atoms with Gasteiger partial charge in [-0.1, -0.05) is 18.6 Å². The summed E-state index contributed by atoms with van der Waals surface area (Å²) in [5, 5.41) is 2.72. The van der Waals surface area contributed by atoms with Gasteiger partial charge >= 0.3 is 0 Å². The fourth-order valence-corrected chi connectivity index (χ4v) is 2.65. The number of carbonyl (C=O) groups is 1. The van der Waals surface area contributed by atoms with Crippen molar-refractivity contribution in [3.05, 3.63) is 29.8 Å². The fraction of sp³-hybridized carbons (Fsp3) is 0.500. The van der Waals surface area contributed by atoms with Crippen molar-refractivity contribution in [2.45, 2.75) is 25.7 Å². The Kier molecular flexibility index (Phi) is 4.47. The Morgan fingerprint density at radius 1 is 1.42 bits per heavy atom. The summed E-state index contributed by atoms with van der Waals surface area (Å²) in [6.07, 6.45) is 0.255. The van der Waals surface area contributed by atoms with Crippen molar-refractivity contribution in [3.63, 3.8) is 0 Å². The molecular formula is C14H18F2N2O. The highest BCUT2D eigenvalue weighted by Crippen LogP contribution is 2.32. The zero-order valence-corrected chi connectivity index (χ0v) is 10.6. The molecule has 0 aromatic heterocycles. The molecule has 1 aromatic carbocycles. The van der Waals surface area contributed by atoms with Crippen LogP contribution in [0.1, 0.15) is 31.3 Å². The van der Waals surface area contributed by atoms with Crippen LogP contribution in [0.3, 0.4) is 0 Å². The van der Waals surface area contributed by atoms with E-state index in [1.807, 2.05) is 0 Å². The number of carbonyl (C=O) groups excluding carboxylic acids is 1. The molecule has 2 rings (SSSR count). The third-order valence-corrected chi connectivity index (χ3v) is 3.70. The lowest BCUT2D eigenvalue weighted by molar-refractivity contribution is -0.120. The molecule has 1 aromatic rings. The van der Waals surface area contributed by atoms with E-state index in [0.717, 1.165) is 19.3 Å².